The lowest BCUT2D eigenvalue weighted by Crippen LogP contribution is -2.27. The van der Waals surface area contributed by atoms with Crippen molar-refractivity contribution >= 4 is 5.91 Å². The highest BCUT2D eigenvalue weighted by Crippen LogP contribution is 2.24. The van der Waals surface area contributed by atoms with Crippen molar-refractivity contribution < 1.29 is 9.21 Å². The summed E-state index contributed by atoms with van der Waals surface area (Å²) in [4.78, 5) is 12.6. The van der Waals surface area contributed by atoms with E-state index in [0.29, 0.717) is 17.3 Å². The van der Waals surface area contributed by atoms with Crippen LogP contribution in [0, 0.1) is 6.92 Å². The monoisotopic (exact) mass is 383 g/mol. The van der Waals surface area contributed by atoms with Crippen LogP contribution < -0.4 is 5.32 Å². The second-order valence-electron chi connectivity index (χ2n) is 6.91. The second kappa shape index (κ2) is 8.10. The number of carbonyl (C=O) groups excluding carboxylic acids is 1. The van der Waals surface area contributed by atoms with Gasteiger partial charge in [0.1, 0.15) is 0 Å². The topological polar surface area (TPSA) is 68.0 Å². The molecule has 144 valence electrons. The lowest BCUT2D eigenvalue weighted by Gasteiger charge is -2.16. The summed E-state index contributed by atoms with van der Waals surface area (Å²) >= 11 is 0. The average molecular weight is 383 g/mol. The van der Waals surface area contributed by atoms with Gasteiger partial charge in [-0.25, -0.2) is 0 Å². The van der Waals surface area contributed by atoms with Crippen LogP contribution in [0.15, 0.2) is 83.3 Å². The number of nitrogens with zero attached hydrogens (tertiary/aromatic N) is 2. The molecule has 0 saturated heterocycles. The molecular formula is C24H21N3O2. The van der Waals surface area contributed by atoms with Gasteiger partial charge in [0.2, 0.25) is 11.8 Å². The number of rotatable bonds is 5. The van der Waals surface area contributed by atoms with Crippen LogP contribution in [0.1, 0.15) is 34.5 Å². The van der Waals surface area contributed by atoms with Crippen LogP contribution in [0.25, 0.3) is 22.9 Å². The molecule has 0 aliphatic carbocycles. The van der Waals surface area contributed by atoms with E-state index in [1.165, 1.54) is 0 Å². The summed E-state index contributed by atoms with van der Waals surface area (Å²) < 4.78 is 5.77. The lowest BCUT2D eigenvalue weighted by molar-refractivity contribution is 0.0940. The molecule has 4 rings (SSSR count). The number of nitrogens with one attached hydrogen (secondary N) is 1. The van der Waals surface area contributed by atoms with E-state index in [-0.39, 0.29) is 11.9 Å². The molecule has 5 nitrogen and oxygen atoms in total. The Balaban J connectivity index is 1.47. The maximum atomic E-state index is 12.6. The molecule has 1 heterocycles. The summed E-state index contributed by atoms with van der Waals surface area (Å²) in [6.07, 6.45) is 0. The molecule has 29 heavy (non-hydrogen) atoms. The number of benzene rings is 3. The van der Waals surface area contributed by atoms with Crippen LogP contribution in [0.3, 0.4) is 0 Å². The van der Waals surface area contributed by atoms with Gasteiger partial charge in [0.25, 0.3) is 5.91 Å². The van der Waals surface area contributed by atoms with Gasteiger partial charge in [0.15, 0.2) is 0 Å². The normalized spacial score (nSPS) is 11.8. The smallest absolute Gasteiger partial charge is 0.251 e. The summed E-state index contributed by atoms with van der Waals surface area (Å²) in [5.74, 6) is 0.765. The second-order valence-corrected chi connectivity index (χ2v) is 6.91. The minimum Gasteiger partial charge on any atom is -0.416 e. The van der Waals surface area contributed by atoms with E-state index in [1.807, 2.05) is 80.6 Å². The molecule has 0 fully saturated rings. The van der Waals surface area contributed by atoms with E-state index in [9.17, 15) is 4.79 Å². The summed E-state index contributed by atoms with van der Waals surface area (Å²) in [7, 11) is 0. The molecule has 0 unspecified atom stereocenters. The van der Waals surface area contributed by atoms with Gasteiger partial charge in [-0.15, -0.1) is 10.2 Å². The lowest BCUT2D eigenvalue weighted by atomic mass is 10.0. The molecular weight excluding hydrogens is 362 g/mol. The largest absolute Gasteiger partial charge is 0.416 e. The van der Waals surface area contributed by atoms with E-state index < -0.39 is 0 Å². The summed E-state index contributed by atoms with van der Waals surface area (Å²) in [5, 5.41) is 11.3. The predicted molar refractivity (Wildman–Crippen MR) is 112 cm³/mol. The molecule has 1 atom stereocenters. The highest BCUT2D eigenvalue weighted by atomic mass is 16.4. The maximum Gasteiger partial charge on any atom is 0.251 e. The number of aromatic nitrogens is 2. The molecule has 1 N–H and O–H groups in total. The Bertz CT molecular complexity index is 1120. The van der Waals surface area contributed by atoms with Gasteiger partial charge in [-0.1, -0.05) is 42.5 Å². The van der Waals surface area contributed by atoms with Crippen LogP contribution in [0.2, 0.25) is 0 Å². The Morgan fingerprint density at radius 1 is 0.828 bits per heavy atom. The SMILES string of the molecule is Cc1ccccc1[C@@H](C)NC(=O)c1ccc(-c2nnc(-c3ccccc3)o2)cc1. The third-order valence-electron chi connectivity index (χ3n) is 4.84. The van der Waals surface area contributed by atoms with Gasteiger partial charge in [-0.2, -0.15) is 0 Å². The molecule has 3 aromatic carbocycles. The van der Waals surface area contributed by atoms with Crippen LogP contribution in [-0.4, -0.2) is 16.1 Å². The molecule has 1 aromatic heterocycles. The zero-order valence-electron chi connectivity index (χ0n) is 16.3. The minimum atomic E-state index is -0.122. The molecule has 0 aliphatic heterocycles. The Hall–Kier alpha value is -3.73. The summed E-state index contributed by atoms with van der Waals surface area (Å²) in [6.45, 7) is 4.03. The van der Waals surface area contributed by atoms with Crippen molar-refractivity contribution in [1.82, 2.24) is 15.5 Å². The molecule has 0 saturated carbocycles. The highest BCUT2D eigenvalue weighted by molar-refractivity contribution is 5.94. The van der Waals surface area contributed by atoms with Gasteiger partial charge in [-0.3, -0.25) is 4.79 Å². The van der Waals surface area contributed by atoms with E-state index >= 15 is 0 Å². The molecule has 5 heteroatoms. The molecule has 0 bridgehead atoms. The fraction of sp³-hybridized carbons (Fsp3) is 0.125. The summed E-state index contributed by atoms with van der Waals surface area (Å²) in [6, 6.07) is 24.7. The zero-order valence-corrected chi connectivity index (χ0v) is 16.3. The Labute approximate surface area is 169 Å². The van der Waals surface area contributed by atoms with Crippen molar-refractivity contribution in [2.45, 2.75) is 19.9 Å². The van der Waals surface area contributed by atoms with Crippen LogP contribution >= 0.6 is 0 Å². The number of hydrogen-bond acceptors (Lipinski definition) is 4. The van der Waals surface area contributed by atoms with Gasteiger partial charge in [0.05, 0.1) is 6.04 Å². The number of carbonyl (C=O) groups is 1. The van der Waals surface area contributed by atoms with Gasteiger partial charge < -0.3 is 9.73 Å². The first-order chi connectivity index (χ1) is 14.1. The molecule has 0 radical (unpaired) electrons. The van der Waals surface area contributed by atoms with Crippen LogP contribution in [-0.2, 0) is 0 Å². The van der Waals surface area contributed by atoms with Crippen molar-refractivity contribution in [3.63, 3.8) is 0 Å². The van der Waals surface area contributed by atoms with Crippen molar-refractivity contribution in [1.29, 1.82) is 0 Å². The Morgan fingerprint density at radius 2 is 1.41 bits per heavy atom. The standard InChI is InChI=1S/C24H21N3O2/c1-16-8-6-7-11-21(16)17(2)25-22(28)18-12-14-20(15-13-18)24-27-26-23(29-24)19-9-4-3-5-10-19/h3-15,17H,1-2H3,(H,25,28)/t17-/m1/s1. The summed E-state index contributed by atoms with van der Waals surface area (Å²) in [5.41, 5.74) is 4.48. The van der Waals surface area contributed by atoms with E-state index in [2.05, 4.69) is 15.5 Å². The molecule has 0 spiro atoms. The first-order valence-corrected chi connectivity index (χ1v) is 9.47. The number of hydrogen-bond donors (Lipinski definition) is 1. The fourth-order valence-electron chi connectivity index (χ4n) is 3.23. The average Bonchev–Trinajstić information content (AvgIpc) is 3.25. The third kappa shape index (κ3) is 4.09. The van der Waals surface area contributed by atoms with Crippen molar-refractivity contribution in [3.05, 3.63) is 95.6 Å². The van der Waals surface area contributed by atoms with Crippen molar-refractivity contribution in [3.8, 4) is 22.9 Å². The van der Waals surface area contributed by atoms with Crippen LogP contribution in [0.5, 0.6) is 0 Å². The Kier molecular flexibility index (Phi) is 5.20. The van der Waals surface area contributed by atoms with Gasteiger partial charge >= 0.3 is 0 Å². The number of aryl methyl sites for hydroxylation is 1. The van der Waals surface area contributed by atoms with E-state index in [0.717, 1.165) is 22.3 Å². The van der Waals surface area contributed by atoms with Gasteiger partial charge in [-0.05, 0) is 61.4 Å². The number of amides is 1. The predicted octanol–water partition coefficient (Wildman–Crippen LogP) is 5.20. The first kappa shape index (κ1) is 18.6. The van der Waals surface area contributed by atoms with Crippen molar-refractivity contribution in [2.75, 3.05) is 0 Å². The van der Waals surface area contributed by atoms with Crippen LogP contribution in [0.4, 0.5) is 0 Å². The van der Waals surface area contributed by atoms with E-state index in [4.69, 9.17) is 4.42 Å². The minimum absolute atomic E-state index is 0.0762. The fourth-order valence-corrected chi connectivity index (χ4v) is 3.23. The molecule has 0 aliphatic rings. The van der Waals surface area contributed by atoms with Crippen molar-refractivity contribution in [2.24, 2.45) is 0 Å². The molecule has 4 aromatic rings. The maximum absolute atomic E-state index is 12.6. The third-order valence-corrected chi connectivity index (χ3v) is 4.84. The Morgan fingerprint density at radius 3 is 2.07 bits per heavy atom. The van der Waals surface area contributed by atoms with E-state index in [1.54, 1.807) is 12.1 Å². The molecule has 1 amide bonds. The first-order valence-electron chi connectivity index (χ1n) is 9.47. The highest BCUT2D eigenvalue weighted by Gasteiger charge is 2.14. The quantitative estimate of drug-likeness (QED) is 0.514. The zero-order chi connectivity index (χ0) is 20.2. The van der Waals surface area contributed by atoms with Gasteiger partial charge in [0, 0.05) is 16.7 Å².